The Balaban J connectivity index is 0.00000161. The highest BCUT2D eigenvalue weighted by molar-refractivity contribution is 7.86. The molecule has 108 valence electrons. The van der Waals surface area contributed by atoms with Gasteiger partial charge in [-0.15, -0.1) is 0 Å². The second-order valence-electron chi connectivity index (χ2n) is 4.54. The Morgan fingerprint density at radius 2 is 1.57 bits per heavy atom. The predicted octanol–water partition coefficient (Wildman–Crippen LogP) is 4.04. The van der Waals surface area contributed by atoms with Crippen molar-refractivity contribution < 1.29 is 13.0 Å². The van der Waals surface area contributed by atoms with Gasteiger partial charge < -0.3 is 6.15 Å². The van der Waals surface area contributed by atoms with Gasteiger partial charge in [-0.05, 0) is 21.7 Å². The summed E-state index contributed by atoms with van der Waals surface area (Å²) in [6, 6.07) is 14.8. The highest BCUT2D eigenvalue weighted by Gasteiger charge is 2.18. The van der Waals surface area contributed by atoms with Crippen LogP contribution in [0.25, 0.3) is 27.6 Å². The van der Waals surface area contributed by atoms with E-state index in [9.17, 15) is 13.0 Å². The number of hydrogen-bond donors (Lipinski definition) is 2. The molecule has 0 aliphatic heterocycles. The van der Waals surface area contributed by atoms with E-state index >= 15 is 0 Å². The smallest absolute Gasteiger partial charge is 0.295 e. The molecule has 0 unspecified atom stereocenters. The topological polar surface area (TPSA) is 89.4 Å². The van der Waals surface area contributed by atoms with Crippen molar-refractivity contribution in [2.24, 2.45) is 0 Å². The summed E-state index contributed by atoms with van der Waals surface area (Å²) in [5, 5.41) is 3.27. The molecule has 0 saturated carbocycles. The van der Waals surface area contributed by atoms with Crippen molar-refractivity contribution in [3.8, 4) is 0 Å². The number of benzene rings is 3. The van der Waals surface area contributed by atoms with Crippen LogP contribution in [0.2, 0.25) is 0 Å². The molecule has 5 heteroatoms. The summed E-state index contributed by atoms with van der Waals surface area (Å²) in [6.45, 7) is 3.60. The predicted molar refractivity (Wildman–Crippen MR) is 86.4 cm³/mol. The van der Waals surface area contributed by atoms with E-state index in [1.54, 1.807) is 12.1 Å². The van der Waals surface area contributed by atoms with Crippen LogP contribution in [0.5, 0.6) is 0 Å². The first-order valence-electron chi connectivity index (χ1n) is 6.07. The lowest BCUT2D eigenvalue weighted by Gasteiger charge is -2.10. The quantitative estimate of drug-likeness (QED) is 0.552. The van der Waals surface area contributed by atoms with Crippen molar-refractivity contribution in [1.82, 2.24) is 6.15 Å². The molecule has 3 aromatic carbocycles. The van der Waals surface area contributed by atoms with E-state index in [-0.39, 0.29) is 11.0 Å². The second-order valence-corrected chi connectivity index (χ2v) is 5.90. The number of hydrogen-bond acceptors (Lipinski definition) is 3. The molecule has 0 atom stereocenters. The van der Waals surface area contributed by atoms with Crippen LogP contribution >= 0.6 is 0 Å². The summed E-state index contributed by atoms with van der Waals surface area (Å²) < 4.78 is 32.8. The lowest BCUT2D eigenvalue weighted by molar-refractivity contribution is 0.484. The Bertz CT molecular complexity index is 946. The van der Waals surface area contributed by atoms with Crippen LogP contribution in [-0.4, -0.2) is 13.0 Å². The average molecular weight is 301 g/mol. The van der Waals surface area contributed by atoms with E-state index in [1.165, 1.54) is 6.08 Å². The third kappa shape index (κ3) is 2.42. The average Bonchev–Trinajstić information content (AvgIpc) is 2.44. The van der Waals surface area contributed by atoms with Gasteiger partial charge in [-0.2, -0.15) is 8.42 Å². The van der Waals surface area contributed by atoms with E-state index in [0.29, 0.717) is 10.9 Å². The molecule has 0 aromatic heterocycles. The first-order chi connectivity index (χ1) is 9.52. The Labute approximate surface area is 123 Å². The molecule has 0 bridgehead atoms. The van der Waals surface area contributed by atoms with E-state index in [2.05, 4.69) is 6.58 Å². The van der Waals surface area contributed by atoms with Crippen LogP contribution in [0.1, 0.15) is 5.56 Å². The molecule has 0 amide bonds. The molecule has 0 heterocycles. The molecule has 21 heavy (non-hydrogen) atoms. The Kier molecular flexibility index (Phi) is 3.82. The van der Waals surface area contributed by atoms with Crippen LogP contribution < -0.4 is 6.15 Å². The summed E-state index contributed by atoms with van der Waals surface area (Å²) in [7, 11) is -4.31. The van der Waals surface area contributed by atoms with Crippen LogP contribution in [0, 0.1) is 0 Å². The molecule has 3 aromatic rings. The molecule has 4 nitrogen and oxygen atoms in total. The van der Waals surface area contributed by atoms with Crippen molar-refractivity contribution in [3.63, 3.8) is 0 Å². The molecule has 0 spiro atoms. The number of rotatable bonds is 2. The lowest BCUT2D eigenvalue weighted by atomic mass is 10.00. The summed E-state index contributed by atoms with van der Waals surface area (Å²) in [6.07, 6.45) is 1.43. The van der Waals surface area contributed by atoms with Crippen molar-refractivity contribution in [2.45, 2.75) is 4.90 Å². The van der Waals surface area contributed by atoms with Crippen LogP contribution in [0.4, 0.5) is 0 Å². The van der Waals surface area contributed by atoms with Gasteiger partial charge in [-0.25, -0.2) is 0 Å². The SMILES string of the molecule is C=Cc1ccc2c(ccc3ccccc32)c1S(=O)(=O)O.N. The minimum absolute atomic E-state index is 0. The first kappa shape index (κ1) is 15.2. The molecule has 0 fully saturated rings. The zero-order valence-electron chi connectivity index (χ0n) is 11.3. The van der Waals surface area contributed by atoms with Crippen molar-refractivity contribution in [1.29, 1.82) is 0 Å². The van der Waals surface area contributed by atoms with Gasteiger partial charge in [0.1, 0.15) is 4.90 Å². The van der Waals surface area contributed by atoms with Gasteiger partial charge in [0, 0.05) is 5.39 Å². The number of fused-ring (bicyclic) bond motifs is 3. The van der Waals surface area contributed by atoms with E-state index < -0.39 is 10.1 Å². The van der Waals surface area contributed by atoms with Gasteiger partial charge in [-0.1, -0.05) is 61.2 Å². The Hall–Kier alpha value is -2.21. The minimum Gasteiger partial charge on any atom is -0.344 e. The van der Waals surface area contributed by atoms with Gasteiger partial charge in [0.15, 0.2) is 0 Å². The summed E-state index contributed by atoms with van der Waals surface area (Å²) in [5.74, 6) is 0. The van der Waals surface area contributed by atoms with Gasteiger partial charge in [0.2, 0.25) is 0 Å². The standard InChI is InChI=1S/C16H12O3S.H3N/c1-2-11-7-9-14-13-6-4-3-5-12(13)8-10-15(14)16(11)20(17,18)19;/h2-10H,1H2,(H,17,18,19);1H3. The molecular weight excluding hydrogens is 286 g/mol. The maximum Gasteiger partial charge on any atom is 0.295 e. The molecular formula is C16H15NO3S. The molecule has 3 rings (SSSR count). The molecule has 4 N–H and O–H groups in total. The largest absolute Gasteiger partial charge is 0.344 e. The highest BCUT2D eigenvalue weighted by Crippen LogP contribution is 2.32. The van der Waals surface area contributed by atoms with Crippen LogP contribution in [0.3, 0.4) is 0 Å². The van der Waals surface area contributed by atoms with Gasteiger partial charge in [0.25, 0.3) is 10.1 Å². The second kappa shape index (κ2) is 5.29. The van der Waals surface area contributed by atoms with Crippen molar-refractivity contribution >= 4 is 37.7 Å². The van der Waals surface area contributed by atoms with Gasteiger partial charge in [0.05, 0.1) is 0 Å². The van der Waals surface area contributed by atoms with Gasteiger partial charge in [-0.3, -0.25) is 4.55 Å². The zero-order chi connectivity index (χ0) is 14.3. The summed E-state index contributed by atoms with van der Waals surface area (Å²) in [5.41, 5.74) is 0.398. The maximum absolute atomic E-state index is 11.7. The first-order valence-corrected chi connectivity index (χ1v) is 7.51. The van der Waals surface area contributed by atoms with Gasteiger partial charge >= 0.3 is 0 Å². The fraction of sp³-hybridized carbons (Fsp3) is 0. The maximum atomic E-state index is 11.7. The summed E-state index contributed by atoms with van der Waals surface area (Å²) >= 11 is 0. The summed E-state index contributed by atoms with van der Waals surface area (Å²) in [4.78, 5) is -0.0873. The van der Waals surface area contributed by atoms with E-state index in [0.717, 1.165) is 16.2 Å². The van der Waals surface area contributed by atoms with Crippen molar-refractivity contribution in [2.75, 3.05) is 0 Å². The Morgan fingerprint density at radius 3 is 2.24 bits per heavy atom. The van der Waals surface area contributed by atoms with E-state index in [1.807, 2.05) is 36.4 Å². The highest BCUT2D eigenvalue weighted by atomic mass is 32.2. The fourth-order valence-electron chi connectivity index (χ4n) is 2.53. The van der Waals surface area contributed by atoms with Crippen LogP contribution in [-0.2, 0) is 10.1 Å². The van der Waals surface area contributed by atoms with Crippen LogP contribution in [0.15, 0.2) is 60.0 Å². The minimum atomic E-state index is -4.31. The third-order valence-electron chi connectivity index (χ3n) is 3.38. The third-order valence-corrected chi connectivity index (χ3v) is 4.36. The fourth-order valence-corrected chi connectivity index (χ4v) is 3.43. The lowest BCUT2D eigenvalue weighted by Crippen LogP contribution is -2.02. The molecule has 0 aliphatic rings. The monoisotopic (exact) mass is 301 g/mol. The van der Waals surface area contributed by atoms with E-state index in [4.69, 9.17) is 0 Å². The molecule has 0 aliphatic carbocycles. The Morgan fingerprint density at radius 1 is 0.905 bits per heavy atom. The normalized spacial score (nSPS) is 11.3. The van der Waals surface area contributed by atoms with Crippen molar-refractivity contribution in [3.05, 3.63) is 60.7 Å². The molecule has 0 saturated heterocycles. The molecule has 0 radical (unpaired) electrons. The zero-order valence-corrected chi connectivity index (χ0v) is 12.1.